The van der Waals surface area contributed by atoms with Crippen molar-refractivity contribution in [1.82, 2.24) is 20.0 Å². The smallest absolute Gasteiger partial charge is 0.251 e. The lowest BCUT2D eigenvalue weighted by molar-refractivity contribution is -0.0220. The van der Waals surface area contributed by atoms with E-state index in [0.717, 1.165) is 5.13 Å². The molecule has 5 nitrogen and oxygen atoms in total. The van der Waals surface area contributed by atoms with Crippen LogP contribution in [0.25, 0.3) is 5.82 Å². The van der Waals surface area contributed by atoms with Gasteiger partial charge >= 0.3 is 0 Å². The highest BCUT2D eigenvalue weighted by Crippen LogP contribution is 2.32. The van der Waals surface area contributed by atoms with E-state index >= 15 is 0 Å². The molecular weight excluding hydrogens is 260 g/mol. The van der Waals surface area contributed by atoms with E-state index in [9.17, 15) is 8.78 Å². The molecule has 0 aromatic carbocycles. The van der Waals surface area contributed by atoms with Crippen molar-refractivity contribution in [2.24, 2.45) is 0 Å². The first-order valence-corrected chi connectivity index (χ1v) is 6.47. The number of anilines is 1. The van der Waals surface area contributed by atoms with Crippen LogP contribution in [0, 0.1) is 0 Å². The molecule has 0 bridgehead atoms. The van der Waals surface area contributed by atoms with Gasteiger partial charge < -0.3 is 4.90 Å². The average Bonchev–Trinajstić information content (AvgIpc) is 2.99. The van der Waals surface area contributed by atoms with E-state index in [0.29, 0.717) is 18.9 Å². The Morgan fingerprint density at radius 3 is 2.72 bits per heavy atom. The number of hydrogen-bond acceptors (Lipinski definition) is 5. The summed E-state index contributed by atoms with van der Waals surface area (Å²) >= 11 is 1.44. The maximum Gasteiger partial charge on any atom is 0.251 e. The first-order chi connectivity index (χ1) is 8.64. The molecule has 2 aromatic rings. The molecule has 0 aliphatic carbocycles. The second kappa shape index (κ2) is 4.27. The maximum absolute atomic E-state index is 13.1. The van der Waals surface area contributed by atoms with Gasteiger partial charge in [-0.3, -0.25) is 0 Å². The Labute approximate surface area is 106 Å². The molecule has 0 atom stereocenters. The summed E-state index contributed by atoms with van der Waals surface area (Å²) < 4.78 is 27.7. The minimum Gasteiger partial charge on any atom is -0.348 e. The van der Waals surface area contributed by atoms with Crippen LogP contribution in [0.5, 0.6) is 0 Å². The van der Waals surface area contributed by atoms with Gasteiger partial charge in [0.25, 0.3) is 5.92 Å². The van der Waals surface area contributed by atoms with E-state index in [1.54, 1.807) is 17.1 Å². The zero-order chi connectivity index (χ0) is 12.6. The van der Waals surface area contributed by atoms with Crippen LogP contribution < -0.4 is 4.90 Å². The van der Waals surface area contributed by atoms with Crippen LogP contribution in [0.2, 0.25) is 0 Å². The molecule has 0 N–H and O–H groups in total. The van der Waals surface area contributed by atoms with Crippen molar-refractivity contribution in [3.8, 4) is 5.82 Å². The van der Waals surface area contributed by atoms with Crippen LogP contribution in [0.3, 0.4) is 0 Å². The fraction of sp³-hybridized carbons (Fsp3) is 0.500. The molecule has 2 aromatic heterocycles. The second-order valence-corrected chi connectivity index (χ2v) is 5.02. The Balaban J connectivity index is 1.75. The van der Waals surface area contributed by atoms with Crippen LogP contribution >= 0.6 is 11.3 Å². The van der Waals surface area contributed by atoms with Gasteiger partial charge in [0, 0.05) is 31.3 Å². The van der Waals surface area contributed by atoms with Crippen molar-refractivity contribution in [3.63, 3.8) is 0 Å². The number of aromatic nitrogens is 4. The fourth-order valence-corrected chi connectivity index (χ4v) is 2.71. The Morgan fingerprint density at radius 2 is 2.06 bits per heavy atom. The summed E-state index contributed by atoms with van der Waals surface area (Å²) in [5.41, 5.74) is 0. The van der Waals surface area contributed by atoms with Crippen LogP contribution in [0.4, 0.5) is 13.9 Å². The lowest BCUT2D eigenvalue weighted by Crippen LogP contribution is -2.39. The lowest BCUT2D eigenvalue weighted by atomic mass is 10.1. The standard InChI is InChI=1S/C10H11F2N5S/c11-10(12)1-4-16(5-2-10)9-14-8(7-18-9)17-6-3-13-15-17/h3,6-7H,1-2,4-5H2. The van der Waals surface area contributed by atoms with Crippen molar-refractivity contribution >= 4 is 16.5 Å². The summed E-state index contributed by atoms with van der Waals surface area (Å²) in [5, 5.41) is 10.1. The molecule has 0 unspecified atom stereocenters. The summed E-state index contributed by atoms with van der Waals surface area (Å²) in [5.74, 6) is -1.85. The van der Waals surface area contributed by atoms with Gasteiger partial charge in [0.1, 0.15) is 0 Å². The van der Waals surface area contributed by atoms with Crippen LogP contribution in [0.1, 0.15) is 12.8 Å². The van der Waals surface area contributed by atoms with Crippen molar-refractivity contribution in [3.05, 3.63) is 17.8 Å². The van der Waals surface area contributed by atoms with Crippen LogP contribution in [-0.4, -0.2) is 39.0 Å². The minimum atomic E-state index is -2.53. The van der Waals surface area contributed by atoms with Gasteiger partial charge in [-0.15, -0.1) is 16.4 Å². The molecule has 3 heterocycles. The highest BCUT2D eigenvalue weighted by atomic mass is 32.1. The van der Waals surface area contributed by atoms with Crippen molar-refractivity contribution in [1.29, 1.82) is 0 Å². The van der Waals surface area contributed by atoms with Crippen molar-refractivity contribution in [2.45, 2.75) is 18.8 Å². The predicted molar refractivity (Wildman–Crippen MR) is 63.4 cm³/mol. The largest absolute Gasteiger partial charge is 0.348 e. The molecule has 3 rings (SSSR count). The first-order valence-electron chi connectivity index (χ1n) is 5.59. The number of nitrogens with zero attached hydrogens (tertiary/aromatic N) is 5. The zero-order valence-corrected chi connectivity index (χ0v) is 10.3. The normalized spacial score (nSPS) is 19.1. The topological polar surface area (TPSA) is 46.8 Å². The zero-order valence-electron chi connectivity index (χ0n) is 9.46. The highest BCUT2D eigenvalue weighted by molar-refractivity contribution is 7.14. The second-order valence-electron chi connectivity index (χ2n) is 4.18. The molecule has 0 radical (unpaired) electrons. The summed E-state index contributed by atoms with van der Waals surface area (Å²) in [4.78, 5) is 6.28. The Hall–Kier alpha value is -1.57. The third-order valence-electron chi connectivity index (χ3n) is 2.90. The summed E-state index contributed by atoms with van der Waals surface area (Å²) in [6.45, 7) is 0.689. The van der Waals surface area contributed by atoms with E-state index in [4.69, 9.17) is 0 Å². The molecule has 1 saturated heterocycles. The van der Waals surface area contributed by atoms with Gasteiger partial charge in [-0.05, 0) is 0 Å². The van der Waals surface area contributed by atoms with E-state index in [1.807, 2.05) is 10.3 Å². The molecule has 1 fully saturated rings. The quantitative estimate of drug-likeness (QED) is 0.837. The number of hydrogen-bond donors (Lipinski definition) is 0. The Kier molecular flexibility index (Phi) is 2.73. The molecule has 0 saturated carbocycles. The van der Waals surface area contributed by atoms with Gasteiger partial charge in [-0.1, -0.05) is 5.21 Å². The molecule has 96 valence electrons. The molecule has 8 heteroatoms. The highest BCUT2D eigenvalue weighted by Gasteiger charge is 2.34. The van der Waals surface area contributed by atoms with Crippen molar-refractivity contribution in [2.75, 3.05) is 18.0 Å². The van der Waals surface area contributed by atoms with Gasteiger partial charge in [-0.25, -0.2) is 18.4 Å². The number of halogens is 2. The first kappa shape index (κ1) is 11.5. The van der Waals surface area contributed by atoms with Gasteiger partial charge in [0.15, 0.2) is 10.9 Å². The Bertz CT molecular complexity index is 514. The maximum atomic E-state index is 13.1. The summed E-state index contributed by atoms with van der Waals surface area (Å²) in [7, 11) is 0. The van der Waals surface area contributed by atoms with Crippen LogP contribution in [0.15, 0.2) is 17.8 Å². The molecule has 0 spiro atoms. The van der Waals surface area contributed by atoms with E-state index in [-0.39, 0.29) is 12.8 Å². The molecule has 18 heavy (non-hydrogen) atoms. The monoisotopic (exact) mass is 271 g/mol. The van der Waals surface area contributed by atoms with E-state index < -0.39 is 5.92 Å². The van der Waals surface area contributed by atoms with E-state index in [2.05, 4.69) is 15.3 Å². The van der Waals surface area contributed by atoms with Gasteiger partial charge in [0.2, 0.25) is 0 Å². The average molecular weight is 271 g/mol. The summed E-state index contributed by atoms with van der Waals surface area (Å²) in [6, 6.07) is 0. The molecule has 0 amide bonds. The van der Waals surface area contributed by atoms with E-state index in [1.165, 1.54) is 11.3 Å². The number of thiazole rings is 1. The number of alkyl halides is 2. The third kappa shape index (κ3) is 2.20. The predicted octanol–water partition coefficient (Wildman–Crippen LogP) is 1.96. The third-order valence-corrected chi connectivity index (χ3v) is 3.79. The van der Waals surface area contributed by atoms with Gasteiger partial charge in [-0.2, -0.15) is 0 Å². The molecule has 1 aliphatic rings. The SMILES string of the molecule is FC1(F)CCN(c2nc(-n3ccnn3)cs2)CC1. The number of rotatable bonds is 2. The fourth-order valence-electron chi connectivity index (χ4n) is 1.86. The van der Waals surface area contributed by atoms with Gasteiger partial charge in [0.05, 0.1) is 12.4 Å². The summed E-state index contributed by atoms with van der Waals surface area (Å²) in [6.07, 6.45) is 3.06. The van der Waals surface area contributed by atoms with Crippen molar-refractivity contribution < 1.29 is 8.78 Å². The van der Waals surface area contributed by atoms with Crippen LogP contribution in [-0.2, 0) is 0 Å². The Morgan fingerprint density at radius 1 is 1.28 bits per heavy atom. The molecular formula is C10H11F2N5S. The lowest BCUT2D eigenvalue weighted by Gasteiger charge is -2.31. The number of piperidine rings is 1. The molecule has 1 aliphatic heterocycles. The minimum absolute atomic E-state index is 0.106.